The maximum Gasteiger partial charge on any atom is 0.122 e. The molecule has 27 heavy (non-hydrogen) atoms. The Bertz CT molecular complexity index is 676. The highest BCUT2D eigenvalue weighted by atomic mass is 16.5. The first-order chi connectivity index (χ1) is 13.1. The molecule has 1 unspecified atom stereocenters. The lowest BCUT2D eigenvalue weighted by molar-refractivity contribution is 0.272. The molecule has 4 rings (SSSR count). The molecule has 2 aromatic rings. The maximum absolute atomic E-state index is 5.55. The first kappa shape index (κ1) is 23.1. The largest absolute Gasteiger partial charge is 0.493 e. The highest BCUT2D eigenvalue weighted by molar-refractivity contribution is 5.40. The molecule has 2 aliphatic heterocycles. The lowest BCUT2D eigenvalue weighted by Gasteiger charge is -2.23. The molecular formula is C25H38O2. The molecular weight excluding hydrogens is 332 g/mol. The van der Waals surface area contributed by atoms with E-state index in [1.165, 1.54) is 28.7 Å². The Kier molecular flexibility index (Phi) is 10.6. The summed E-state index contributed by atoms with van der Waals surface area (Å²) >= 11 is 0. The van der Waals surface area contributed by atoms with Crippen molar-refractivity contribution in [1.82, 2.24) is 0 Å². The lowest BCUT2D eigenvalue weighted by Crippen LogP contribution is -2.11. The van der Waals surface area contributed by atoms with E-state index in [4.69, 9.17) is 9.47 Å². The molecule has 2 aromatic carbocycles. The molecule has 1 atom stereocenters. The van der Waals surface area contributed by atoms with Crippen molar-refractivity contribution < 1.29 is 9.47 Å². The number of benzene rings is 2. The van der Waals surface area contributed by atoms with Gasteiger partial charge in [-0.1, -0.05) is 70.0 Å². The van der Waals surface area contributed by atoms with E-state index in [0.717, 1.165) is 37.6 Å². The quantitative estimate of drug-likeness (QED) is 0.486. The fourth-order valence-electron chi connectivity index (χ4n) is 3.17. The lowest BCUT2D eigenvalue weighted by atomic mass is 9.94. The number of aryl methyl sites for hydroxylation is 3. The van der Waals surface area contributed by atoms with Crippen LogP contribution in [0.5, 0.6) is 11.5 Å². The van der Waals surface area contributed by atoms with Crippen molar-refractivity contribution in [1.29, 1.82) is 0 Å². The van der Waals surface area contributed by atoms with Crippen LogP contribution in [0, 0.1) is 13.8 Å². The second kappa shape index (κ2) is 12.4. The average molecular weight is 371 g/mol. The van der Waals surface area contributed by atoms with Gasteiger partial charge in [-0.15, -0.1) is 0 Å². The van der Waals surface area contributed by atoms with E-state index in [0.29, 0.717) is 5.92 Å². The predicted octanol–water partition coefficient (Wildman–Crippen LogP) is 7.25. The maximum atomic E-state index is 5.55. The van der Waals surface area contributed by atoms with E-state index >= 15 is 0 Å². The second-order valence-electron chi connectivity index (χ2n) is 6.64. The molecule has 0 aliphatic carbocycles. The van der Waals surface area contributed by atoms with Crippen molar-refractivity contribution in [2.75, 3.05) is 13.2 Å². The smallest absolute Gasteiger partial charge is 0.122 e. The van der Waals surface area contributed by atoms with Crippen LogP contribution in [0.3, 0.4) is 0 Å². The van der Waals surface area contributed by atoms with Crippen molar-refractivity contribution >= 4 is 0 Å². The van der Waals surface area contributed by atoms with Crippen LogP contribution in [-0.4, -0.2) is 13.2 Å². The summed E-state index contributed by atoms with van der Waals surface area (Å²) < 4.78 is 11.0. The minimum Gasteiger partial charge on any atom is -0.493 e. The molecule has 150 valence electrons. The van der Waals surface area contributed by atoms with Crippen LogP contribution >= 0.6 is 0 Å². The fourth-order valence-corrected chi connectivity index (χ4v) is 3.17. The minimum atomic E-state index is 0.661. The number of hydrogen-bond donors (Lipinski definition) is 0. The van der Waals surface area contributed by atoms with E-state index in [1.54, 1.807) is 0 Å². The summed E-state index contributed by atoms with van der Waals surface area (Å²) in [5.41, 5.74) is 5.40. The summed E-state index contributed by atoms with van der Waals surface area (Å²) in [6, 6.07) is 12.8. The highest BCUT2D eigenvalue weighted by Crippen LogP contribution is 2.33. The van der Waals surface area contributed by atoms with E-state index in [-0.39, 0.29) is 0 Å². The monoisotopic (exact) mass is 370 g/mol. The molecule has 0 fully saturated rings. The van der Waals surface area contributed by atoms with E-state index in [1.807, 2.05) is 27.7 Å². The van der Waals surface area contributed by atoms with Crippen LogP contribution in [0.25, 0.3) is 0 Å². The number of rotatable bonds is 0. The number of hydrogen-bond acceptors (Lipinski definition) is 2. The van der Waals surface area contributed by atoms with Gasteiger partial charge in [0.1, 0.15) is 11.5 Å². The Hall–Kier alpha value is -1.96. The van der Waals surface area contributed by atoms with Crippen molar-refractivity contribution in [2.24, 2.45) is 0 Å². The molecule has 0 N–H and O–H groups in total. The Morgan fingerprint density at radius 3 is 2.07 bits per heavy atom. The molecule has 2 nitrogen and oxygen atoms in total. The van der Waals surface area contributed by atoms with Crippen LogP contribution < -0.4 is 9.47 Å². The van der Waals surface area contributed by atoms with Gasteiger partial charge in [0.25, 0.3) is 0 Å². The van der Waals surface area contributed by atoms with Crippen molar-refractivity contribution in [3.63, 3.8) is 0 Å². The number of fused-ring (bicyclic) bond motifs is 2. The molecule has 2 heterocycles. The minimum absolute atomic E-state index is 0.661. The van der Waals surface area contributed by atoms with Gasteiger partial charge in [-0.2, -0.15) is 0 Å². The van der Waals surface area contributed by atoms with Gasteiger partial charge in [0, 0.05) is 0 Å². The van der Waals surface area contributed by atoms with Crippen LogP contribution in [0.15, 0.2) is 36.4 Å². The van der Waals surface area contributed by atoms with Gasteiger partial charge in [0.15, 0.2) is 0 Å². The van der Waals surface area contributed by atoms with Crippen LogP contribution in [0.2, 0.25) is 0 Å². The fraction of sp³-hybridized carbons (Fsp3) is 0.520. The van der Waals surface area contributed by atoms with E-state index in [2.05, 4.69) is 57.2 Å². The molecule has 0 bridgehead atoms. The summed E-state index contributed by atoms with van der Waals surface area (Å²) in [6.45, 7) is 16.3. The normalized spacial score (nSPS) is 16.2. The van der Waals surface area contributed by atoms with E-state index < -0.39 is 0 Å². The highest BCUT2D eigenvalue weighted by Gasteiger charge is 2.16. The second-order valence-corrected chi connectivity index (χ2v) is 6.64. The first-order valence-corrected chi connectivity index (χ1v) is 10.6. The van der Waals surface area contributed by atoms with Gasteiger partial charge in [-0.25, -0.2) is 0 Å². The van der Waals surface area contributed by atoms with Gasteiger partial charge in [-0.05, 0) is 62.3 Å². The standard InChI is InChI=1S/C11H14O.C10H12O.2C2H6/c1-8-3-4-11-10(7-8)9(2)5-6-12-11;1-8-4-5-10-9(7-8)3-2-6-11-10;2*1-2/h3-4,7,9H,5-6H2,1-2H3;4-5,7H,2-3,6H2,1H3;2*1-2H3. The SMILES string of the molecule is CC.CC.Cc1ccc2c(c1)C(C)CCO2.Cc1ccc2c(c1)CCCO2. The molecule has 0 spiro atoms. The summed E-state index contributed by atoms with van der Waals surface area (Å²) in [5, 5.41) is 0. The number of ether oxygens (including phenoxy) is 2. The summed E-state index contributed by atoms with van der Waals surface area (Å²) in [4.78, 5) is 0. The third-order valence-electron chi connectivity index (χ3n) is 4.57. The first-order valence-electron chi connectivity index (χ1n) is 10.6. The Labute approximate surface area is 166 Å². The zero-order valence-corrected chi connectivity index (χ0v) is 18.4. The van der Waals surface area contributed by atoms with Crippen LogP contribution in [-0.2, 0) is 6.42 Å². The van der Waals surface area contributed by atoms with Gasteiger partial charge in [0.05, 0.1) is 13.2 Å². The molecule has 0 aromatic heterocycles. The third kappa shape index (κ3) is 6.93. The van der Waals surface area contributed by atoms with Crippen LogP contribution in [0.4, 0.5) is 0 Å². The molecule has 0 saturated heterocycles. The van der Waals surface area contributed by atoms with Gasteiger partial charge < -0.3 is 9.47 Å². The summed E-state index contributed by atoms with van der Waals surface area (Å²) in [5.74, 6) is 2.83. The molecule has 2 heteroatoms. The van der Waals surface area contributed by atoms with Crippen molar-refractivity contribution in [3.8, 4) is 11.5 Å². The molecule has 0 radical (unpaired) electrons. The Balaban J connectivity index is 0.000000229. The van der Waals surface area contributed by atoms with Gasteiger partial charge in [0.2, 0.25) is 0 Å². The van der Waals surface area contributed by atoms with Crippen molar-refractivity contribution in [2.45, 2.75) is 73.6 Å². The van der Waals surface area contributed by atoms with E-state index in [9.17, 15) is 0 Å². The predicted molar refractivity (Wildman–Crippen MR) is 117 cm³/mol. The zero-order valence-electron chi connectivity index (χ0n) is 18.4. The summed E-state index contributed by atoms with van der Waals surface area (Å²) in [7, 11) is 0. The Morgan fingerprint density at radius 2 is 1.37 bits per heavy atom. The topological polar surface area (TPSA) is 18.5 Å². The molecule has 0 amide bonds. The Morgan fingerprint density at radius 1 is 0.778 bits per heavy atom. The zero-order chi connectivity index (χ0) is 20.2. The van der Waals surface area contributed by atoms with Crippen molar-refractivity contribution in [3.05, 3.63) is 58.7 Å². The average Bonchev–Trinajstić information content (AvgIpc) is 2.72. The van der Waals surface area contributed by atoms with Gasteiger partial charge >= 0.3 is 0 Å². The third-order valence-corrected chi connectivity index (χ3v) is 4.57. The molecule has 2 aliphatic rings. The van der Waals surface area contributed by atoms with Gasteiger partial charge in [-0.3, -0.25) is 0 Å². The molecule has 0 saturated carbocycles. The van der Waals surface area contributed by atoms with Crippen LogP contribution in [0.1, 0.15) is 75.6 Å². The summed E-state index contributed by atoms with van der Waals surface area (Å²) in [6.07, 6.45) is 3.49.